The van der Waals surface area contributed by atoms with Crippen molar-refractivity contribution >= 4 is 11.9 Å². The normalized spacial score (nSPS) is 10.7. The highest BCUT2D eigenvalue weighted by atomic mass is 16.5. The van der Waals surface area contributed by atoms with Crippen molar-refractivity contribution in [3.05, 3.63) is 64.2 Å². The highest BCUT2D eigenvalue weighted by Gasteiger charge is 2.24. The van der Waals surface area contributed by atoms with E-state index in [4.69, 9.17) is 9.47 Å². The van der Waals surface area contributed by atoms with Crippen LogP contribution < -0.4 is 9.47 Å². The summed E-state index contributed by atoms with van der Waals surface area (Å²) in [6.45, 7) is 3.82. The van der Waals surface area contributed by atoms with Gasteiger partial charge in [0, 0.05) is 10.7 Å². The van der Waals surface area contributed by atoms with Crippen LogP contribution in [0.15, 0.2) is 47.6 Å². The number of rotatable bonds is 7. The fourth-order valence-corrected chi connectivity index (χ4v) is 3.35. The van der Waals surface area contributed by atoms with Crippen molar-refractivity contribution in [3.8, 4) is 28.4 Å². The fraction of sp³-hybridized carbons (Fsp3) is 0.227. The molecule has 1 amide bonds. The van der Waals surface area contributed by atoms with Crippen LogP contribution in [0.25, 0.3) is 16.9 Å². The molecule has 0 atom stereocenters. The van der Waals surface area contributed by atoms with E-state index in [2.05, 4.69) is 10.3 Å². The molecular formula is C22H21N3O6. The van der Waals surface area contributed by atoms with Gasteiger partial charge in [-0.3, -0.25) is 4.79 Å². The SMILES string of the molecule is COc1cccc(OC)c1-c1cc(C(=O)O)nn1-c1ccc(C(=O)N=O)cc1C(C)C. The number of aromatic nitrogens is 2. The van der Waals surface area contributed by atoms with E-state index in [1.54, 1.807) is 30.3 Å². The number of carboxylic acid groups (broad SMARTS) is 1. The van der Waals surface area contributed by atoms with E-state index in [1.807, 2.05) is 13.8 Å². The number of hydrogen-bond donors (Lipinski definition) is 1. The molecule has 9 nitrogen and oxygen atoms in total. The van der Waals surface area contributed by atoms with Crippen molar-refractivity contribution in [3.63, 3.8) is 0 Å². The molecule has 0 aliphatic rings. The molecule has 0 bridgehead atoms. The van der Waals surface area contributed by atoms with Gasteiger partial charge in [-0.1, -0.05) is 19.9 Å². The minimum Gasteiger partial charge on any atom is -0.496 e. The molecule has 160 valence electrons. The Morgan fingerprint density at radius 2 is 1.71 bits per heavy atom. The minimum absolute atomic E-state index is 0.0701. The number of aromatic carboxylic acids is 1. The van der Waals surface area contributed by atoms with Crippen molar-refractivity contribution in [2.24, 2.45) is 5.18 Å². The molecule has 1 N–H and O–H groups in total. The zero-order valence-corrected chi connectivity index (χ0v) is 17.4. The molecular weight excluding hydrogens is 402 g/mol. The van der Waals surface area contributed by atoms with Gasteiger partial charge in [0.15, 0.2) is 5.69 Å². The van der Waals surface area contributed by atoms with Gasteiger partial charge < -0.3 is 14.6 Å². The zero-order chi connectivity index (χ0) is 22.7. The average molecular weight is 423 g/mol. The maximum Gasteiger partial charge on any atom is 0.356 e. The number of nitroso groups, excluding NO2 is 1. The lowest BCUT2D eigenvalue weighted by atomic mass is 9.98. The van der Waals surface area contributed by atoms with Crippen LogP contribution in [-0.2, 0) is 0 Å². The van der Waals surface area contributed by atoms with Crippen LogP contribution in [0.5, 0.6) is 11.5 Å². The van der Waals surface area contributed by atoms with Crippen LogP contribution in [-0.4, -0.2) is 41.0 Å². The Hall–Kier alpha value is -4.01. The van der Waals surface area contributed by atoms with Gasteiger partial charge in [-0.05, 0) is 47.9 Å². The number of carbonyl (C=O) groups excluding carboxylic acids is 1. The third-order valence-electron chi connectivity index (χ3n) is 4.82. The molecule has 0 saturated heterocycles. The topological polar surface area (TPSA) is 120 Å². The fourth-order valence-electron chi connectivity index (χ4n) is 3.35. The largest absolute Gasteiger partial charge is 0.496 e. The Bertz CT molecular complexity index is 1140. The Balaban J connectivity index is 2.36. The van der Waals surface area contributed by atoms with E-state index >= 15 is 0 Å². The van der Waals surface area contributed by atoms with Crippen molar-refractivity contribution in [1.29, 1.82) is 0 Å². The number of benzene rings is 2. The highest BCUT2D eigenvalue weighted by Crippen LogP contribution is 2.40. The number of methoxy groups -OCH3 is 2. The van der Waals surface area contributed by atoms with E-state index in [0.29, 0.717) is 34.0 Å². The number of carboxylic acids is 1. The smallest absolute Gasteiger partial charge is 0.356 e. The van der Waals surface area contributed by atoms with Gasteiger partial charge >= 0.3 is 11.9 Å². The Morgan fingerprint density at radius 1 is 1.06 bits per heavy atom. The number of nitrogens with zero attached hydrogens (tertiary/aromatic N) is 3. The maximum atomic E-state index is 11.8. The molecule has 3 rings (SSSR count). The van der Waals surface area contributed by atoms with Gasteiger partial charge in [0.2, 0.25) is 0 Å². The molecule has 1 aromatic heterocycles. The highest BCUT2D eigenvalue weighted by molar-refractivity contribution is 5.95. The summed E-state index contributed by atoms with van der Waals surface area (Å²) in [6, 6.07) is 11.3. The summed E-state index contributed by atoms with van der Waals surface area (Å²) in [6.07, 6.45) is 0. The molecule has 2 aromatic carbocycles. The van der Waals surface area contributed by atoms with Crippen LogP contribution >= 0.6 is 0 Å². The molecule has 0 spiro atoms. The lowest BCUT2D eigenvalue weighted by molar-refractivity contribution is 0.0689. The Labute approximate surface area is 178 Å². The minimum atomic E-state index is -1.20. The van der Waals surface area contributed by atoms with Gasteiger partial charge in [0.05, 0.1) is 31.2 Å². The summed E-state index contributed by atoms with van der Waals surface area (Å²) in [7, 11) is 3.01. The van der Waals surface area contributed by atoms with E-state index in [9.17, 15) is 19.6 Å². The van der Waals surface area contributed by atoms with Crippen LogP contribution in [0.4, 0.5) is 0 Å². The van der Waals surface area contributed by atoms with Gasteiger partial charge in [0.1, 0.15) is 11.5 Å². The van der Waals surface area contributed by atoms with Crippen molar-refractivity contribution in [2.45, 2.75) is 19.8 Å². The van der Waals surface area contributed by atoms with Crippen molar-refractivity contribution < 1.29 is 24.2 Å². The van der Waals surface area contributed by atoms with Crippen LogP contribution in [0, 0.1) is 4.91 Å². The molecule has 1 heterocycles. The molecule has 3 aromatic rings. The monoisotopic (exact) mass is 423 g/mol. The van der Waals surface area contributed by atoms with E-state index < -0.39 is 11.9 Å². The molecule has 0 saturated carbocycles. The van der Waals surface area contributed by atoms with Crippen LogP contribution in [0.3, 0.4) is 0 Å². The van der Waals surface area contributed by atoms with Gasteiger partial charge in [-0.2, -0.15) is 5.10 Å². The predicted octanol–water partition coefficient (Wildman–Crippen LogP) is 4.28. The molecule has 0 fully saturated rings. The molecule has 0 radical (unpaired) electrons. The van der Waals surface area contributed by atoms with E-state index in [1.165, 1.54) is 31.0 Å². The predicted molar refractivity (Wildman–Crippen MR) is 113 cm³/mol. The molecule has 0 aliphatic heterocycles. The number of carbonyl (C=O) groups is 2. The third-order valence-corrected chi connectivity index (χ3v) is 4.82. The lowest BCUT2D eigenvalue weighted by Gasteiger charge is -2.18. The van der Waals surface area contributed by atoms with Crippen molar-refractivity contribution in [1.82, 2.24) is 9.78 Å². The molecule has 0 unspecified atom stereocenters. The summed E-state index contributed by atoms with van der Waals surface area (Å²) in [5.74, 6) is -1.20. The first kappa shape index (κ1) is 21.7. The van der Waals surface area contributed by atoms with Gasteiger partial charge in [-0.15, -0.1) is 4.91 Å². The van der Waals surface area contributed by atoms with Crippen LogP contribution in [0.1, 0.15) is 46.2 Å². The van der Waals surface area contributed by atoms with Gasteiger partial charge in [-0.25, -0.2) is 9.48 Å². The number of hydrogen-bond acceptors (Lipinski definition) is 6. The second-order valence-corrected chi connectivity index (χ2v) is 6.99. The van der Waals surface area contributed by atoms with E-state index in [0.717, 1.165) is 0 Å². The number of amides is 1. The Kier molecular flexibility index (Phi) is 6.15. The Morgan fingerprint density at radius 3 is 2.23 bits per heavy atom. The summed E-state index contributed by atoms with van der Waals surface area (Å²) in [5, 5.41) is 16.3. The summed E-state index contributed by atoms with van der Waals surface area (Å²) < 4.78 is 12.4. The third kappa shape index (κ3) is 4.02. The maximum absolute atomic E-state index is 11.8. The van der Waals surface area contributed by atoms with Crippen LogP contribution in [0.2, 0.25) is 0 Å². The summed E-state index contributed by atoms with van der Waals surface area (Å²) >= 11 is 0. The first-order valence-corrected chi connectivity index (χ1v) is 9.39. The second-order valence-electron chi connectivity index (χ2n) is 6.99. The van der Waals surface area contributed by atoms with E-state index in [-0.39, 0.29) is 17.2 Å². The zero-order valence-electron chi connectivity index (χ0n) is 17.4. The number of ether oxygens (including phenoxy) is 2. The second kappa shape index (κ2) is 8.78. The summed E-state index contributed by atoms with van der Waals surface area (Å²) in [5.41, 5.74) is 2.16. The first-order valence-electron chi connectivity index (χ1n) is 9.39. The average Bonchev–Trinajstić information content (AvgIpc) is 3.22. The summed E-state index contributed by atoms with van der Waals surface area (Å²) in [4.78, 5) is 34.2. The standard InChI is InChI=1S/C22H21N3O6/c1-12(2)14-10-13(21(26)24-29)8-9-16(14)25-17(11-15(23-25)22(27)28)20-18(30-3)6-5-7-19(20)31-4/h5-12H,1-4H3,(H,27,28). The van der Waals surface area contributed by atoms with Gasteiger partial charge in [0.25, 0.3) is 0 Å². The first-order chi connectivity index (χ1) is 14.8. The quantitative estimate of drug-likeness (QED) is 0.563. The molecule has 0 aliphatic carbocycles. The molecule has 31 heavy (non-hydrogen) atoms. The lowest BCUT2D eigenvalue weighted by Crippen LogP contribution is -2.08. The molecule has 9 heteroatoms. The van der Waals surface area contributed by atoms with Crippen molar-refractivity contribution in [2.75, 3.05) is 14.2 Å².